The molecule has 0 aromatic heterocycles. The first-order valence-electron chi connectivity index (χ1n) is 11.7. The van der Waals surface area contributed by atoms with Crippen LogP contribution < -0.4 is 0 Å². The summed E-state index contributed by atoms with van der Waals surface area (Å²) < 4.78 is 6.25. The Kier molecular flexibility index (Phi) is 16.4. The second kappa shape index (κ2) is 18.2. The summed E-state index contributed by atoms with van der Waals surface area (Å²) in [4.78, 5) is 11.9. The molecule has 0 bridgehead atoms. The van der Waals surface area contributed by atoms with Crippen molar-refractivity contribution in [3.8, 4) is 0 Å². The van der Waals surface area contributed by atoms with Crippen LogP contribution in [0.1, 0.15) is 120 Å². The number of hydrogen-bond donors (Lipinski definition) is 0. The van der Waals surface area contributed by atoms with Crippen molar-refractivity contribution >= 4 is 21.9 Å². The fraction of sp³-hybridized carbons (Fsp3) is 0.720. The zero-order valence-electron chi connectivity index (χ0n) is 18.0. The number of rotatable bonds is 18. The Morgan fingerprint density at radius 3 is 1.68 bits per heavy atom. The number of unbranched alkanes of at least 4 members (excludes halogenated alkanes) is 15. The summed E-state index contributed by atoms with van der Waals surface area (Å²) in [5, 5.41) is 0. The van der Waals surface area contributed by atoms with Crippen LogP contribution in [0.15, 0.2) is 28.7 Å². The van der Waals surface area contributed by atoms with E-state index in [1.807, 2.05) is 12.1 Å². The Morgan fingerprint density at radius 1 is 0.750 bits per heavy atom. The molecule has 1 aromatic rings. The van der Waals surface area contributed by atoms with Crippen molar-refractivity contribution in [3.05, 3.63) is 34.3 Å². The van der Waals surface area contributed by atoms with Crippen LogP contribution in [-0.2, 0) is 4.74 Å². The SMILES string of the molecule is CCCCCCCCCCCCCCCCCCOC(=O)c1cccc(Br)c1. The summed E-state index contributed by atoms with van der Waals surface area (Å²) >= 11 is 3.38. The van der Waals surface area contributed by atoms with Crippen molar-refractivity contribution in [2.75, 3.05) is 6.61 Å². The molecular weight excluding hydrogens is 412 g/mol. The maximum Gasteiger partial charge on any atom is 0.338 e. The van der Waals surface area contributed by atoms with E-state index >= 15 is 0 Å². The van der Waals surface area contributed by atoms with E-state index in [1.54, 1.807) is 12.1 Å². The zero-order chi connectivity index (χ0) is 20.3. The van der Waals surface area contributed by atoms with Gasteiger partial charge in [-0.05, 0) is 24.6 Å². The third kappa shape index (κ3) is 14.2. The van der Waals surface area contributed by atoms with Crippen LogP contribution >= 0.6 is 15.9 Å². The van der Waals surface area contributed by atoms with Gasteiger partial charge in [0.1, 0.15) is 0 Å². The monoisotopic (exact) mass is 452 g/mol. The standard InChI is InChI=1S/C25H41BrO2/c1-2-3-4-5-6-7-8-9-10-11-12-13-14-15-16-17-21-28-25(27)23-19-18-20-24(26)22-23/h18-20,22H,2-17,21H2,1H3. The molecule has 0 radical (unpaired) electrons. The number of ether oxygens (including phenoxy) is 1. The van der Waals surface area contributed by atoms with Gasteiger partial charge in [0.05, 0.1) is 12.2 Å². The summed E-state index contributed by atoms with van der Waals surface area (Å²) in [7, 11) is 0. The molecule has 0 saturated heterocycles. The molecule has 160 valence electrons. The molecule has 0 fully saturated rings. The van der Waals surface area contributed by atoms with E-state index in [1.165, 1.54) is 89.9 Å². The van der Waals surface area contributed by atoms with Crippen molar-refractivity contribution < 1.29 is 9.53 Å². The molecule has 0 heterocycles. The van der Waals surface area contributed by atoms with Crippen LogP contribution in [0.2, 0.25) is 0 Å². The highest BCUT2D eigenvalue weighted by Crippen LogP contribution is 2.15. The van der Waals surface area contributed by atoms with Crippen LogP contribution in [0.5, 0.6) is 0 Å². The van der Waals surface area contributed by atoms with E-state index in [4.69, 9.17) is 4.74 Å². The minimum Gasteiger partial charge on any atom is -0.462 e. The first-order valence-corrected chi connectivity index (χ1v) is 12.5. The summed E-state index contributed by atoms with van der Waals surface area (Å²) in [6.45, 7) is 2.81. The lowest BCUT2D eigenvalue weighted by atomic mass is 10.0. The Bertz CT molecular complexity index is 501. The van der Waals surface area contributed by atoms with Gasteiger partial charge in [-0.2, -0.15) is 0 Å². The average Bonchev–Trinajstić information content (AvgIpc) is 2.70. The summed E-state index contributed by atoms with van der Waals surface area (Å²) in [5.41, 5.74) is 0.617. The molecule has 0 atom stereocenters. The molecule has 0 spiro atoms. The molecule has 0 aliphatic rings. The molecule has 0 saturated carbocycles. The van der Waals surface area contributed by atoms with Crippen LogP contribution in [-0.4, -0.2) is 12.6 Å². The molecular formula is C25H41BrO2. The van der Waals surface area contributed by atoms with Crippen molar-refractivity contribution in [3.63, 3.8) is 0 Å². The van der Waals surface area contributed by atoms with E-state index in [9.17, 15) is 4.79 Å². The summed E-state index contributed by atoms with van der Waals surface area (Å²) in [6.07, 6.45) is 21.6. The highest BCUT2D eigenvalue weighted by Gasteiger charge is 2.06. The molecule has 0 unspecified atom stereocenters. The van der Waals surface area contributed by atoms with Gasteiger partial charge in [-0.1, -0.05) is 125 Å². The van der Waals surface area contributed by atoms with Gasteiger partial charge in [-0.25, -0.2) is 4.79 Å². The third-order valence-corrected chi connectivity index (χ3v) is 5.78. The smallest absolute Gasteiger partial charge is 0.338 e. The lowest BCUT2D eigenvalue weighted by Crippen LogP contribution is -2.06. The Balaban J connectivity index is 1.79. The summed E-state index contributed by atoms with van der Waals surface area (Å²) in [6, 6.07) is 7.36. The number of halogens is 1. The largest absolute Gasteiger partial charge is 0.462 e. The lowest BCUT2D eigenvalue weighted by Gasteiger charge is -2.05. The molecule has 2 nitrogen and oxygen atoms in total. The molecule has 1 rings (SSSR count). The number of hydrogen-bond acceptors (Lipinski definition) is 2. The lowest BCUT2D eigenvalue weighted by molar-refractivity contribution is 0.0497. The number of carbonyl (C=O) groups is 1. The quantitative estimate of drug-likeness (QED) is 0.164. The molecule has 0 aliphatic carbocycles. The highest BCUT2D eigenvalue weighted by atomic mass is 79.9. The number of carbonyl (C=O) groups excluding carboxylic acids is 1. The van der Waals surface area contributed by atoms with E-state index < -0.39 is 0 Å². The van der Waals surface area contributed by atoms with Gasteiger partial charge < -0.3 is 4.74 Å². The van der Waals surface area contributed by atoms with E-state index in [0.29, 0.717) is 12.2 Å². The number of benzene rings is 1. The molecule has 3 heteroatoms. The Hall–Kier alpha value is -0.830. The van der Waals surface area contributed by atoms with Gasteiger partial charge in [0, 0.05) is 4.47 Å². The van der Waals surface area contributed by atoms with Crippen LogP contribution in [0.4, 0.5) is 0 Å². The fourth-order valence-corrected chi connectivity index (χ4v) is 3.91. The number of esters is 1. The topological polar surface area (TPSA) is 26.3 Å². The average molecular weight is 454 g/mol. The Labute approximate surface area is 182 Å². The van der Waals surface area contributed by atoms with Crippen LogP contribution in [0.25, 0.3) is 0 Å². The zero-order valence-corrected chi connectivity index (χ0v) is 19.6. The van der Waals surface area contributed by atoms with Gasteiger partial charge in [-0.3, -0.25) is 0 Å². The summed E-state index contributed by atoms with van der Waals surface area (Å²) in [5.74, 6) is -0.220. The molecule has 0 aliphatic heterocycles. The van der Waals surface area contributed by atoms with Gasteiger partial charge in [0.2, 0.25) is 0 Å². The van der Waals surface area contributed by atoms with Crippen molar-refractivity contribution in [2.45, 2.75) is 110 Å². The van der Waals surface area contributed by atoms with Gasteiger partial charge in [0.25, 0.3) is 0 Å². The second-order valence-corrected chi connectivity index (χ2v) is 8.87. The van der Waals surface area contributed by atoms with Crippen LogP contribution in [0.3, 0.4) is 0 Å². The van der Waals surface area contributed by atoms with Crippen LogP contribution in [0, 0.1) is 0 Å². The maximum absolute atomic E-state index is 11.9. The first kappa shape index (κ1) is 25.2. The normalized spacial score (nSPS) is 10.9. The van der Waals surface area contributed by atoms with Gasteiger partial charge >= 0.3 is 5.97 Å². The second-order valence-electron chi connectivity index (χ2n) is 7.95. The maximum atomic E-state index is 11.9. The first-order chi connectivity index (χ1) is 13.7. The van der Waals surface area contributed by atoms with Gasteiger partial charge in [-0.15, -0.1) is 0 Å². The molecule has 28 heavy (non-hydrogen) atoms. The molecule has 0 N–H and O–H groups in total. The minimum atomic E-state index is -0.220. The van der Waals surface area contributed by atoms with Crippen molar-refractivity contribution in [1.82, 2.24) is 0 Å². The minimum absolute atomic E-state index is 0.220. The fourth-order valence-electron chi connectivity index (χ4n) is 3.51. The predicted octanol–water partition coefficient (Wildman–Crippen LogP) is 8.87. The molecule has 1 aromatic carbocycles. The Morgan fingerprint density at radius 2 is 1.21 bits per heavy atom. The molecule has 0 amide bonds. The highest BCUT2D eigenvalue weighted by molar-refractivity contribution is 9.10. The van der Waals surface area contributed by atoms with Gasteiger partial charge in [0.15, 0.2) is 0 Å². The van der Waals surface area contributed by atoms with Crippen molar-refractivity contribution in [2.24, 2.45) is 0 Å². The third-order valence-electron chi connectivity index (χ3n) is 5.29. The predicted molar refractivity (Wildman–Crippen MR) is 124 cm³/mol. The van der Waals surface area contributed by atoms with E-state index in [2.05, 4.69) is 22.9 Å². The van der Waals surface area contributed by atoms with E-state index in [-0.39, 0.29) is 5.97 Å². The van der Waals surface area contributed by atoms with E-state index in [0.717, 1.165) is 17.3 Å². The van der Waals surface area contributed by atoms with Crippen molar-refractivity contribution in [1.29, 1.82) is 0 Å².